The lowest BCUT2D eigenvalue weighted by molar-refractivity contribution is 0.204. The molecule has 14 heteroatoms. The molecule has 0 heterocycles. The van der Waals surface area contributed by atoms with Gasteiger partial charge in [-0.15, -0.1) is 0 Å². The Morgan fingerprint density at radius 2 is 1.23 bits per heavy atom. The summed E-state index contributed by atoms with van der Waals surface area (Å²) in [6.45, 7) is 11.9. The minimum absolute atomic E-state index is 0.211. The van der Waals surface area contributed by atoms with Crippen molar-refractivity contribution in [2.75, 3.05) is 60.2 Å². The number of ether oxygens (including phenoxy) is 2. The Bertz CT molecular complexity index is 447. The molecule has 3 N–H and O–H groups in total. The standard InChI is InChI=1S/C6H15N.C3H8ClNO3S.C3H9NO.Cl2O2S/c1-4-7(5-2)6-3;1-8-3-2-5-9(4,6)7;1-5-3-2-4;1-5(2,3)4/h4-6H2,1-3H3;5H,2-3H2,1H3;2-4H2,1H3;. The maximum atomic E-state index is 10.1. The number of nitrogens with one attached hydrogen (secondary N) is 1. The monoisotopic (exact) mass is 483 g/mol. The van der Waals surface area contributed by atoms with Crippen molar-refractivity contribution >= 4 is 49.5 Å². The highest BCUT2D eigenvalue weighted by atomic mass is 36.0. The predicted octanol–water partition coefficient (Wildman–Crippen LogP) is 1.35. The summed E-state index contributed by atoms with van der Waals surface area (Å²) < 4.78 is 49.7. The molecule has 0 fully saturated rings. The smallest absolute Gasteiger partial charge is 0.317 e. The van der Waals surface area contributed by atoms with Crippen molar-refractivity contribution in [1.82, 2.24) is 9.62 Å². The molecule has 0 aromatic heterocycles. The summed E-state index contributed by atoms with van der Waals surface area (Å²) >= 11 is 0. The Hall–Kier alpha value is 0.570. The molecule has 0 saturated heterocycles. The van der Waals surface area contributed by atoms with Gasteiger partial charge in [-0.2, -0.15) is 21.6 Å². The highest BCUT2D eigenvalue weighted by molar-refractivity contribution is 8.31. The van der Waals surface area contributed by atoms with Gasteiger partial charge in [-0.1, -0.05) is 20.8 Å². The van der Waals surface area contributed by atoms with Gasteiger partial charge in [0.15, 0.2) is 0 Å². The van der Waals surface area contributed by atoms with Gasteiger partial charge in [-0.05, 0) is 19.6 Å². The lowest BCUT2D eigenvalue weighted by atomic mass is 10.5. The summed E-state index contributed by atoms with van der Waals surface area (Å²) in [6.07, 6.45) is 0. The highest BCUT2D eigenvalue weighted by Gasteiger charge is 1.99. The topological polar surface area (TPSA) is 128 Å². The van der Waals surface area contributed by atoms with Gasteiger partial charge in [0.25, 0.3) is 9.24 Å². The number of methoxy groups -OCH3 is 2. The van der Waals surface area contributed by atoms with E-state index in [1.807, 2.05) is 4.72 Å². The summed E-state index contributed by atoms with van der Waals surface area (Å²) in [7, 11) is 9.14. The third-order valence-corrected chi connectivity index (χ3v) is 3.12. The average molecular weight is 485 g/mol. The zero-order valence-electron chi connectivity index (χ0n) is 15.9. The van der Waals surface area contributed by atoms with Crippen molar-refractivity contribution in [3.63, 3.8) is 0 Å². The summed E-state index contributed by atoms with van der Waals surface area (Å²) in [6, 6.07) is 0. The molecule has 0 radical (unpaired) electrons. The average Bonchev–Trinajstić information content (AvgIpc) is 2.48. The first kappa shape index (κ1) is 34.1. The van der Waals surface area contributed by atoms with Crippen molar-refractivity contribution in [2.45, 2.75) is 20.8 Å². The summed E-state index contributed by atoms with van der Waals surface area (Å²) in [4.78, 5) is 2.38. The minimum atomic E-state index is -3.72. The van der Waals surface area contributed by atoms with Crippen LogP contribution in [0.3, 0.4) is 0 Å². The fraction of sp³-hybridized carbons (Fsp3) is 1.00. The molecule has 0 aliphatic rings. The third kappa shape index (κ3) is 64.3. The Balaban J connectivity index is -0.000000128. The molecule has 0 bridgehead atoms. The van der Waals surface area contributed by atoms with E-state index < -0.39 is 17.5 Å². The maximum Gasteiger partial charge on any atom is 0.317 e. The molecule has 0 aromatic carbocycles. The summed E-state index contributed by atoms with van der Waals surface area (Å²) in [5.74, 6) is 0. The first-order chi connectivity index (χ1) is 11.8. The SMILES string of the molecule is CCN(CC)CC.COCCN.COCCNS(=O)(=O)Cl.O=S(=O)(Cl)Cl. The van der Waals surface area contributed by atoms with E-state index in [-0.39, 0.29) is 6.54 Å². The Morgan fingerprint density at radius 1 is 0.885 bits per heavy atom. The van der Waals surface area contributed by atoms with Crippen molar-refractivity contribution in [3.05, 3.63) is 0 Å². The van der Waals surface area contributed by atoms with Crippen LogP contribution < -0.4 is 10.5 Å². The van der Waals surface area contributed by atoms with Crippen molar-refractivity contribution < 1.29 is 26.3 Å². The second kappa shape index (κ2) is 23.6. The maximum absolute atomic E-state index is 10.1. The molecular formula is C12H32Cl3N3O6S2. The van der Waals surface area contributed by atoms with Gasteiger partial charge < -0.3 is 20.1 Å². The first-order valence-corrected chi connectivity index (χ1v) is 13.0. The van der Waals surface area contributed by atoms with E-state index in [0.717, 1.165) is 0 Å². The van der Waals surface area contributed by atoms with Gasteiger partial charge in [-0.25, -0.2) is 0 Å². The van der Waals surface area contributed by atoms with Gasteiger partial charge in [-0.3, -0.25) is 0 Å². The third-order valence-electron chi connectivity index (χ3n) is 2.24. The molecule has 9 nitrogen and oxygen atoms in total. The molecule has 26 heavy (non-hydrogen) atoms. The van der Waals surface area contributed by atoms with E-state index >= 15 is 0 Å². The molecule has 0 unspecified atom stereocenters. The van der Waals surface area contributed by atoms with Gasteiger partial charge in [0, 0.05) is 59.4 Å². The number of nitrogens with zero attached hydrogens (tertiary/aromatic N) is 1. The predicted molar refractivity (Wildman–Crippen MR) is 110 cm³/mol. The molecule has 164 valence electrons. The quantitative estimate of drug-likeness (QED) is 0.371. The Labute approximate surface area is 171 Å². The second-order valence-electron chi connectivity index (χ2n) is 4.10. The van der Waals surface area contributed by atoms with Crippen LogP contribution >= 0.6 is 32.0 Å². The molecule has 0 spiro atoms. The fourth-order valence-corrected chi connectivity index (χ4v) is 1.61. The van der Waals surface area contributed by atoms with Crippen LogP contribution in [0.2, 0.25) is 0 Å². The Kier molecular flexibility index (Phi) is 31.0. The number of hydrogen-bond donors (Lipinski definition) is 2. The van der Waals surface area contributed by atoms with Gasteiger partial charge in [0.05, 0.1) is 13.2 Å². The van der Waals surface area contributed by atoms with Crippen LogP contribution in [0.15, 0.2) is 0 Å². The van der Waals surface area contributed by atoms with E-state index in [1.165, 1.54) is 26.7 Å². The van der Waals surface area contributed by atoms with Crippen molar-refractivity contribution in [2.24, 2.45) is 5.73 Å². The summed E-state index contributed by atoms with van der Waals surface area (Å²) in [5, 5.41) is 0. The molecule has 0 atom stereocenters. The van der Waals surface area contributed by atoms with Crippen LogP contribution in [-0.2, 0) is 27.0 Å². The number of nitrogens with two attached hydrogens (primary N) is 1. The van der Waals surface area contributed by atoms with Crippen LogP contribution in [0.4, 0.5) is 0 Å². The Morgan fingerprint density at radius 3 is 1.35 bits per heavy atom. The lowest BCUT2D eigenvalue weighted by Crippen LogP contribution is -2.22. The molecule has 0 saturated carbocycles. The normalized spacial score (nSPS) is 10.7. The number of hydrogen-bond acceptors (Lipinski definition) is 8. The molecule has 0 aromatic rings. The van der Waals surface area contributed by atoms with E-state index in [1.54, 1.807) is 7.11 Å². The van der Waals surface area contributed by atoms with E-state index in [2.05, 4.69) is 56.5 Å². The largest absolute Gasteiger partial charge is 0.383 e. The number of rotatable bonds is 9. The van der Waals surface area contributed by atoms with Crippen LogP contribution in [0.5, 0.6) is 0 Å². The minimum Gasteiger partial charge on any atom is -0.383 e. The van der Waals surface area contributed by atoms with E-state index in [0.29, 0.717) is 19.8 Å². The van der Waals surface area contributed by atoms with Gasteiger partial charge in [0.1, 0.15) is 0 Å². The zero-order chi connectivity index (χ0) is 21.6. The molecule has 0 rings (SSSR count). The van der Waals surface area contributed by atoms with Crippen LogP contribution in [0.1, 0.15) is 20.8 Å². The van der Waals surface area contributed by atoms with Gasteiger partial charge in [0.2, 0.25) is 0 Å². The first-order valence-electron chi connectivity index (χ1n) is 7.56. The number of halogens is 3. The van der Waals surface area contributed by atoms with Crippen LogP contribution in [0, 0.1) is 0 Å². The zero-order valence-corrected chi connectivity index (χ0v) is 19.8. The van der Waals surface area contributed by atoms with Crippen molar-refractivity contribution in [3.8, 4) is 0 Å². The molecule has 0 aliphatic carbocycles. The molecule has 0 aliphatic heterocycles. The summed E-state index contributed by atoms with van der Waals surface area (Å²) in [5.41, 5.74) is 5.01. The van der Waals surface area contributed by atoms with E-state index in [9.17, 15) is 8.42 Å². The van der Waals surface area contributed by atoms with Crippen molar-refractivity contribution in [1.29, 1.82) is 0 Å². The highest BCUT2D eigenvalue weighted by Crippen LogP contribution is 1.98. The van der Waals surface area contributed by atoms with Gasteiger partial charge >= 0.3 is 8.26 Å². The fourth-order valence-electron chi connectivity index (χ4n) is 1.05. The van der Waals surface area contributed by atoms with Crippen LogP contribution in [0.25, 0.3) is 0 Å². The molecule has 0 amide bonds. The lowest BCUT2D eigenvalue weighted by Gasteiger charge is -2.13. The second-order valence-corrected chi connectivity index (χ2v) is 10.2. The van der Waals surface area contributed by atoms with E-state index in [4.69, 9.17) is 24.8 Å². The van der Waals surface area contributed by atoms with Crippen LogP contribution in [-0.4, -0.2) is 81.9 Å². The molecular weight excluding hydrogens is 453 g/mol.